The number of hydrogen-bond acceptors (Lipinski definition) is 6. The van der Waals surface area contributed by atoms with E-state index in [1.54, 1.807) is 12.1 Å². The predicted molar refractivity (Wildman–Crippen MR) is 75.7 cm³/mol. The lowest BCUT2D eigenvalue weighted by Gasteiger charge is -2.14. The van der Waals surface area contributed by atoms with Crippen LogP contribution >= 0.6 is 11.3 Å². The van der Waals surface area contributed by atoms with Gasteiger partial charge in [-0.15, -0.1) is 5.06 Å². The maximum absolute atomic E-state index is 11.5. The molecule has 0 fully saturated rings. The van der Waals surface area contributed by atoms with Gasteiger partial charge in [-0.2, -0.15) is 0 Å². The third kappa shape index (κ3) is 3.05. The molecule has 0 atom stereocenters. The highest BCUT2D eigenvalue weighted by atomic mass is 32.1. The molecule has 0 radical (unpaired) electrons. The summed E-state index contributed by atoms with van der Waals surface area (Å²) in [4.78, 5) is 31.7. The molecule has 0 saturated heterocycles. The molecule has 0 saturated carbocycles. The van der Waals surface area contributed by atoms with Gasteiger partial charge in [0.05, 0.1) is 16.8 Å². The second-order valence-electron chi connectivity index (χ2n) is 3.96. The molecule has 0 spiro atoms. The molecule has 0 aliphatic heterocycles. The van der Waals surface area contributed by atoms with E-state index in [4.69, 9.17) is 9.57 Å². The number of anilines is 1. The summed E-state index contributed by atoms with van der Waals surface area (Å²) in [6.45, 7) is 5.02. The number of carbonyl (C=O) groups excluding carboxylic acids is 2. The topological polar surface area (TPSA) is 68.7 Å². The molecule has 0 bridgehead atoms. The van der Waals surface area contributed by atoms with Crippen LogP contribution in [0.1, 0.15) is 20.8 Å². The van der Waals surface area contributed by atoms with Crippen LogP contribution in [0.4, 0.5) is 5.13 Å². The fourth-order valence-electron chi connectivity index (χ4n) is 1.60. The summed E-state index contributed by atoms with van der Waals surface area (Å²) in [7, 11) is 0. The minimum absolute atomic E-state index is 0.316. The van der Waals surface area contributed by atoms with Crippen molar-refractivity contribution in [2.75, 3.05) is 11.7 Å². The number of nitrogens with zero attached hydrogens (tertiary/aromatic N) is 2. The summed E-state index contributed by atoms with van der Waals surface area (Å²) >= 11 is 1.25. The second kappa shape index (κ2) is 5.87. The maximum Gasteiger partial charge on any atom is 0.330 e. The zero-order chi connectivity index (χ0) is 14.7. The van der Waals surface area contributed by atoms with Gasteiger partial charge in [-0.25, -0.2) is 9.78 Å². The second-order valence-corrected chi connectivity index (χ2v) is 4.96. The Morgan fingerprint density at radius 2 is 2.10 bits per heavy atom. The maximum atomic E-state index is 11.5. The van der Waals surface area contributed by atoms with E-state index in [1.165, 1.54) is 25.2 Å². The van der Waals surface area contributed by atoms with Gasteiger partial charge in [0.25, 0.3) is 5.91 Å². The lowest BCUT2D eigenvalue weighted by molar-refractivity contribution is -0.147. The zero-order valence-corrected chi connectivity index (χ0v) is 12.2. The van der Waals surface area contributed by atoms with Crippen LogP contribution in [-0.2, 0) is 14.4 Å². The van der Waals surface area contributed by atoms with E-state index in [9.17, 15) is 9.59 Å². The zero-order valence-electron chi connectivity index (χ0n) is 11.4. The monoisotopic (exact) mass is 294 g/mol. The normalized spacial score (nSPS) is 10.3. The van der Waals surface area contributed by atoms with Crippen LogP contribution in [0.25, 0.3) is 10.2 Å². The van der Waals surface area contributed by atoms with Crippen LogP contribution in [0, 0.1) is 0 Å². The Morgan fingerprint density at radius 1 is 1.35 bits per heavy atom. The molecule has 0 N–H and O–H groups in total. The summed E-state index contributed by atoms with van der Waals surface area (Å²) in [5.41, 5.74) is 0.715. The fraction of sp³-hybridized carbons (Fsp3) is 0.308. The molecule has 0 unspecified atom stereocenters. The van der Waals surface area contributed by atoms with Crippen molar-refractivity contribution in [1.29, 1.82) is 0 Å². The first kappa shape index (κ1) is 14.3. The number of aromatic nitrogens is 1. The van der Waals surface area contributed by atoms with Crippen LogP contribution in [0.3, 0.4) is 0 Å². The third-order valence-corrected chi connectivity index (χ3v) is 3.33. The van der Waals surface area contributed by atoms with Gasteiger partial charge in [0, 0.05) is 13.8 Å². The quantitative estimate of drug-likeness (QED) is 0.814. The van der Waals surface area contributed by atoms with Crippen LogP contribution in [0.15, 0.2) is 18.2 Å². The number of amides is 1. The predicted octanol–water partition coefficient (Wildman–Crippen LogP) is 2.53. The van der Waals surface area contributed by atoms with E-state index in [-0.39, 0.29) is 0 Å². The Bertz CT molecular complexity index is 653. The van der Waals surface area contributed by atoms with Crippen LogP contribution in [0.2, 0.25) is 0 Å². The highest BCUT2D eigenvalue weighted by Gasteiger charge is 2.20. The van der Waals surface area contributed by atoms with Gasteiger partial charge in [-0.1, -0.05) is 11.3 Å². The minimum Gasteiger partial charge on any atom is -0.494 e. The first-order valence-corrected chi connectivity index (χ1v) is 6.85. The Kier molecular flexibility index (Phi) is 4.19. The Balaban J connectivity index is 2.38. The summed E-state index contributed by atoms with van der Waals surface area (Å²) in [5, 5.41) is 1.21. The van der Waals surface area contributed by atoms with Crippen molar-refractivity contribution >= 4 is 38.6 Å². The molecule has 2 rings (SSSR count). The lowest BCUT2D eigenvalue weighted by Crippen LogP contribution is -2.30. The van der Waals surface area contributed by atoms with Gasteiger partial charge < -0.3 is 9.57 Å². The van der Waals surface area contributed by atoms with E-state index in [2.05, 4.69) is 4.98 Å². The first-order valence-electron chi connectivity index (χ1n) is 6.04. The van der Waals surface area contributed by atoms with Gasteiger partial charge in [0.2, 0.25) is 5.13 Å². The highest BCUT2D eigenvalue weighted by molar-refractivity contribution is 7.22. The average molecular weight is 294 g/mol. The van der Waals surface area contributed by atoms with E-state index in [0.29, 0.717) is 17.3 Å². The molecule has 106 valence electrons. The van der Waals surface area contributed by atoms with E-state index in [0.717, 1.165) is 15.5 Å². The molecule has 0 aliphatic carbocycles. The van der Waals surface area contributed by atoms with Crippen molar-refractivity contribution in [3.63, 3.8) is 0 Å². The number of hydrogen-bond donors (Lipinski definition) is 0. The first-order chi connectivity index (χ1) is 9.51. The Morgan fingerprint density at radius 3 is 2.70 bits per heavy atom. The molecule has 1 aromatic heterocycles. The van der Waals surface area contributed by atoms with Crippen LogP contribution in [0.5, 0.6) is 5.75 Å². The minimum atomic E-state index is -0.575. The molecule has 6 nitrogen and oxygen atoms in total. The molecule has 20 heavy (non-hydrogen) atoms. The molecule has 7 heteroatoms. The standard InChI is InChI=1S/C13H14N2O4S/c1-4-18-10-5-6-11-12(7-10)20-13(14-11)15(8(2)16)19-9(3)17/h5-7H,4H2,1-3H3. The molecule has 1 heterocycles. The molecule has 2 aromatic rings. The van der Waals surface area contributed by atoms with Gasteiger partial charge in [-0.05, 0) is 25.1 Å². The van der Waals surface area contributed by atoms with Crippen LogP contribution < -0.4 is 9.80 Å². The van der Waals surface area contributed by atoms with Gasteiger partial charge in [0.1, 0.15) is 5.75 Å². The van der Waals surface area contributed by atoms with Crippen molar-refractivity contribution < 1.29 is 19.2 Å². The van der Waals surface area contributed by atoms with E-state index in [1.807, 2.05) is 13.0 Å². The largest absolute Gasteiger partial charge is 0.494 e. The van der Waals surface area contributed by atoms with Gasteiger partial charge in [-0.3, -0.25) is 4.79 Å². The summed E-state index contributed by atoms with van der Waals surface area (Å²) in [6.07, 6.45) is 0. The number of rotatable bonds is 3. The van der Waals surface area contributed by atoms with Crippen molar-refractivity contribution in [2.24, 2.45) is 0 Å². The summed E-state index contributed by atoms with van der Waals surface area (Å²) in [5.74, 6) is -0.254. The number of ether oxygens (including phenoxy) is 1. The summed E-state index contributed by atoms with van der Waals surface area (Å²) in [6, 6.07) is 5.44. The Labute approximate surface area is 119 Å². The number of benzene rings is 1. The smallest absolute Gasteiger partial charge is 0.330 e. The number of carbonyl (C=O) groups is 2. The molecule has 1 amide bonds. The summed E-state index contributed by atoms with van der Waals surface area (Å²) < 4.78 is 6.26. The fourth-order valence-corrected chi connectivity index (χ4v) is 2.59. The number of thiazole rings is 1. The molecule has 0 aliphatic rings. The number of hydroxylamine groups is 1. The van der Waals surface area contributed by atoms with Crippen molar-refractivity contribution in [3.8, 4) is 5.75 Å². The van der Waals surface area contributed by atoms with Crippen molar-refractivity contribution in [1.82, 2.24) is 4.98 Å². The molecular formula is C13H14N2O4S. The van der Waals surface area contributed by atoms with Crippen LogP contribution in [-0.4, -0.2) is 23.5 Å². The average Bonchev–Trinajstić information content (AvgIpc) is 2.78. The SMILES string of the molecule is CCOc1ccc2nc(N(OC(C)=O)C(C)=O)sc2c1. The molecular weight excluding hydrogens is 280 g/mol. The lowest BCUT2D eigenvalue weighted by atomic mass is 10.3. The van der Waals surface area contributed by atoms with Crippen molar-refractivity contribution in [3.05, 3.63) is 18.2 Å². The Hall–Kier alpha value is -2.15. The number of fused-ring (bicyclic) bond motifs is 1. The van der Waals surface area contributed by atoms with Gasteiger partial charge in [0.15, 0.2) is 0 Å². The van der Waals surface area contributed by atoms with E-state index < -0.39 is 11.9 Å². The van der Waals surface area contributed by atoms with Gasteiger partial charge >= 0.3 is 5.97 Å². The van der Waals surface area contributed by atoms with Crippen molar-refractivity contribution in [2.45, 2.75) is 20.8 Å². The molecule has 1 aromatic carbocycles. The third-order valence-electron chi connectivity index (χ3n) is 2.34. The van der Waals surface area contributed by atoms with E-state index >= 15 is 0 Å². The highest BCUT2D eigenvalue weighted by Crippen LogP contribution is 2.31.